The van der Waals surface area contributed by atoms with E-state index >= 15 is 0 Å². The summed E-state index contributed by atoms with van der Waals surface area (Å²) >= 11 is 0. The maximum absolute atomic E-state index is 13.4. The molecule has 4 aromatic rings. The first-order valence-electron chi connectivity index (χ1n) is 11.6. The Labute approximate surface area is 197 Å². The van der Waals surface area contributed by atoms with E-state index in [-0.39, 0.29) is 25.0 Å². The average Bonchev–Trinajstić information content (AvgIpc) is 3.64. The van der Waals surface area contributed by atoms with Gasteiger partial charge in [0.25, 0.3) is 0 Å². The zero-order valence-corrected chi connectivity index (χ0v) is 19.2. The highest BCUT2D eigenvalue weighted by Gasteiger charge is 2.27. The van der Waals surface area contributed by atoms with E-state index in [4.69, 9.17) is 9.15 Å². The number of aromatic nitrogens is 4. The van der Waals surface area contributed by atoms with Crippen LogP contribution in [0.15, 0.2) is 59.2 Å². The van der Waals surface area contributed by atoms with Crippen molar-refractivity contribution < 1.29 is 13.9 Å². The van der Waals surface area contributed by atoms with Crippen molar-refractivity contribution in [1.29, 1.82) is 0 Å². The minimum atomic E-state index is -0.111. The molecule has 2 aromatic heterocycles. The van der Waals surface area contributed by atoms with Gasteiger partial charge >= 0.3 is 0 Å². The number of likely N-dealkylation sites (tertiary alicyclic amines) is 1. The standard InChI is InChI=1S/C25H28N6O3/c1-30(25(32)14-23-21-10-3-2-7-19(21)16-34-23)22(15-31-11-4-5-12-31)18-8-6-9-20(13-18)33-17-24-26-28-29-27-24/h2-3,6-10,13,16,22H,4-5,11-12,14-15,17H2,1H3,(H,26,27,28,29)/t22-/m1/s1. The fourth-order valence-corrected chi connectivity index (χ4v) is 4.49. The molecule has 0 bridgehead atoms. The molecule has 9 heteroatoms. The number of benzene rings is 2. The quantitative estimate of drug-likeness (QED) is 0.409. The van der Waals surface area contributed by atoms with Crippen LogP contribution in [0.2, 0.25) is 0 Å². The lowest BCUT2D eigenvalue weighted by Crippen LogP contribution is -2.39. The molecule has 0 aliphatic carbocycles. The maximum Gasteiger partial charge on any atom is 0.230 e. The number of fused-ring (bicyclic) bond motifs is 1. The molecule has 1 fully saturated rings. The molecule has 1 aliphatic heterocycles. The molecule has 0 spiro atoms. The van der Waals surface area contributed by atoms with Gasteiger partial charge in [-0.05, 0) is 43.6 Å². The summed E-state index contributed by atoms with van der Waals surface area (Å²) in [6, 6.07) is 15.7. The maximum atomic E-state index is 13.4. The number of hydrogen-bond donors (Lipinski definition) is 1. The van der Waals surface area contributed by atoms with Crippen molar-refractivity contribution in [3.05, 3.63) is 71.9 Å². The molecule has 5 rings (SSSR count). The molecule has 0 unspecified atom stereocenters. The SMILES string of the molecule is CN(C(=O)Cc1occ2ccccc12)[C@H](CN1CCCC1)c1cccc(OCc2nn[nH]n2)c1. The summed E-state index contributed by atoms with van der Waals surface area (Å²) in [7, 11) is 1.88. The third kappa shape index (κ3) is 4.94. The number of nitrogens with one attached hydrogen (secondary N) is 1. The lowest BCUT2D eigenvalue weighted by atomic mass is 10.0. The number of hydrogen-bond acceptors (Lipinski definition) is 7. The van der Waals surface area contributed by atoms with Gasteiger partial charge in [0.2, 0.25) is 11.7 Å². The van der Waals surface area contributed by atoms with Gasteiger partial charge < -0.3 is 19.0 Å². The first kappa shape index (κ1) is 22.1. The molecule has 34 heavy (non-hydrogen) atoms. The summed E-state index contributed by atoms with van der Waals surface area (Å²) in [5.74, 6) is 1.90. The first-order chi connectivity index (χ1) is 16.7. The molecule has 1 aliphatic rings. The average molecular weight is 461 g/mol. The molecule has 0 saturated carbocycles. The van der Waals surface area contributed by atoms with Crippen LogP contribution in [0.5, 0.6) is 5.75 Å². The second kappa shape index (κ2) is 10.0. The van der Waals surface area contributed by atoms with Gasteiger partial charge in [-0.3, -0.25) is 4.79 Å². The van der Waals surface area contributed by atoms with Crippen LogP contribution >= 0.6 is 0 Å². The van der Waals surface area contributed by atoms with Crippen molar-refractivity contribution in [2.75, 3.05) is 26.7 Å². The molecular formula is C25H28N6O3. The minimum Gasteiger partial charge on any atom is -0.485 e. The molecule has 176 valence electrons. The monoisotopic (exact) mass is 460 g/mol. The number of carbonyl (C=O) groups excluding carboxylic acids is 1. The van der Waals surface area contributed by atoms with E-state index in [1.807, 2.05) is 60.5 Å². The number of likely N-dealkylation sites (N-methyl/N-ethyl adjacent to an activating group) is 1. The van der Waals surface area contributed by atoms with Crippen LogP contribution in [-0.2, 0) is 17.8 Å². The minimum absolute atomic E-state index is 0.0161. The van der Waals surface area contributed by atoms with Gasteiger partial charge in [0, 0.05) is 24.4 Å². The number of furan rings is 1. The molecule has 3 heterocycles. The number of nitrogens with zero attached hydrogens (tertiary/aromatic N) is 5. The van der Waals surface area contributed by atoms with Crippen LogP contribution in [0.25, 0.3) is 10.8 Å². The largest absolute Gasteiger partial charge is 0.485 e. The highest BCUT2D eigenvalue weighted by molar-refractivity contribution is 5.88. The van der Waals surface area contributed by atoms with Gasteiger partial charge in [0.05, 0.1) is 18.7 Å². The lowest BCUT2D eigenvalue weighted by molar-refractivity contribution is -0.132. The Morgan fingerprint density at radius 3 is 2.88 bits per heavy atom. The van der Waals surface area contributed by atoms with Crippen LogP contribution in [0.4, 0.5) is 0 Å². The summed E-state index contributed by atoms with van der Waals surface area (Å²) in [6.45, 7) is 3.09. The van der Waals surface area contributed by atoms with Gasteiger partial charge in [0.15, 0.2) is 6.61 Å². The van der Waals surface area contributed by atoms with Crippen LogP contribution < -0.4 is 4.74 Å². The molecular weight excluding hydrogens is 432 g/mol. The number of H-pyrrole nitrogens is 1. The summed E-state index contributed by atoms with van der Waals surface area (Å²) in [6.07, 6.45) is 4.31. The van der Waals surface area contributed by atoms with Crippen LogP contribution in [0, 0.1) is 0 Å². The van der Waals surface area contributed by atoms with Crippen LogP contribution in [0.3, 0.4) is 0 Å². The third-order valence-corrected chi connectivity index (χ3v) is 6.39. The molecule has 2 aromatic carbocycles. The van der Waals surface area contributed by atoms with Crippen molar-refractivity contribution in [1.82, 2.24) is 30.4 Å². The number of tetrazole rings is 1. The van der Waals surface area contributed by atoms with E-state index in [0.29, 0.717) is 17.3 Å². The summed E-state index contributed by atoms with van der Waals surface area (Å²) in [4.78, 5) is 17.7. The highest BCUT2D eigenvalue weighted by atomic mass is 16.5. The lowest BCUT2D eigenvalue weighted by Gasteiger charge is -2.32. The Morgan fingerprint density at radius 1 is 1.21 bits per heavy atom. The van der Waals surface area contributed by atoms with Gasteiger partial charge in [-0.15, -0.1) is 10.2 Å². The number of aromatic amines is 1. The van der Waals surface area contributed by atoms with E-state index in [1.165, 1.54) is 12.8 Å². The molecule has 0 radical (unpaired) electrons. The van der Waals surface area contributed by atoms with E-state index in [2.05, 4.69) is 25.5 Å². The Bertz CT molecular complexity index is 1230. The smallest absolute Gasteiger partial charge is 0.230 e. The van der Waals surface area contributed by atoms with Crippen LogP contribution in [0.1, 0.15) is 36.0 Å². The molecule has 1 atom stereocenters. The van der Waals surface area contributed by atoms with Gasteiger partial charge in [-0.1, -0.05) is 41.6 Å². The van der Waals surface area contributed by atoms with Gasteiger partial charge in [0.1, 0.15) is 11.5 Å². The molecule has 1 amide bonds. The second-order valence-electron chi connectivity index (χ2n) is 8.64. The van der Waals surface area contributed by atoms with Crippen molar-refractivity contribution in [2.45, 2.75) is 31.9 Å². The summed E-state index contributed by atoms with van der Waals surface area (Å²) in [5.41, 5.74) is 1.03. The molecule has 1 saturated heterocycles. The zero-order valence-electron chi connectivity index (χ0n) is 19.2. The first-order valence-corrected chi connectivity index (χ1v) is 11.6. The topological polar surface area (TPSA) is 100 Å². The fourth-order valence-electron chi connectivity index (χ4n) is 4.49. The predicted molar refractivity (Wildman–Crippen MR) is 126 cm³/mol. The van der Waals surface area contributed by atoms with E-state index < -0.39 is 0 Å². The number of amides is 1. The predicted octanol–water partition coefficient (Wildman–Crippen LogP) is 3.36. The van der Waals surface area contributed by atoms with Gasteiger partial charge in [-0.2, -0.15) is 5.21 Å². The van der Waals surface area contributed by atoms with Crippen molar-refractivity contribution in [3.63, 3.8) is 0 Å². The summed E-state index contributed by atoms with van der Waals surface area (Å²) < 4.78 is 11.6. The second-order valence-corrected chi connectivity index (χ2v) is 8.64. The van der Waals surface area contributed by atoms with E-state index in [9.17, 15) is 4.79 Å². The Balaban J connectivity index is 1.35. The number of rotatable bonds is 9. The van der Waals surface area contributed by atoms with Crippen LogP contribution in [-0.4, -0.2) is 63.0 Å². The molecule has 1 N–H and O–H groups in total. The van der Waals surface area contributed by atoms with E-state index in [1.54, 1.807) is 6.26 Å². The Hall–Kier alpha value is -3.72. The number of carbonyl (C=O) groups is 1. The zero-order chi connectivity index (χ0) is 23.3. The summed E-state index contributed by atoms with van der Waals surface area (Å²) in [5, 5.41) is 15.8. The van der Waals surface area contributed by atoms with Crippen molar-refractivity contribution >= 4 is 16.7 Å². The van der Waals surface area contributed by atoms with Gasteiger partial charge in [-0.25, -0.2) is 0 Å². The Kier molecular flexibility index (Phi) is 6.53. The normalized spacial score (nSPS) is 15.0. The van der Waals surface area contributed by atoms with E-state index in [0.717, 1.165) is 36.0 Å². The fraction of sp³-hybridized carbons (Fsp3) is 0.360. The number of ether oxygens (including phenoxy) is 1. The highest BCUT2D eigenvalue weighted by Crippen LogP contribution is 2.28. The van der Waals surface area contributed by atoms with Crippen molar-refractivity contribution in [3.8, 4) is 5.75 Å². The Morgan fingerprint density at radius 2 is 2.06 bits per heavy atom. The third-order valence-electron chi connectivity index (χ3n) is 6.39. The molecule has 9 nitrogen and oxygen atoms in total. The van der Waals surface area contributed by atoms with Crippen molar-refractivity contribution in [2.24, 2.45) is 0 Å².